The van der Waals surface area contributed by atoms with Crippen molar-refractivity contribution in [2.24, 2.45) is 5.16 Å². The van der Waals surface area contributed by atoms with Crippen LogP contribution in [0.2, 0.25) is 0 Å². The molecule has 0 unspecified atom stereocenters. The van der Waals surface area contributed by atoms with Crippen LogP contribution in [-0.4, -0.2) is 37.6 Å². The van der Waals surface area contributed by atoms with Gasteiger partial charge in [-0.2, -0.15) is 0 Å². The lowest BCUT2D eigenvalue weighted by Crippen LogP contribution is -2.24. The van der Waals surface area contributed by atoms with Crippen molar-refractivity contribution < 1.29 is 23.2 Å². The molecule has 0 spiro atoms. The van der Waals surface area contributed by atoms with Gasteiger partial charge in [-0.05, 0) is 24.6 Å². The largest absolute Gasteiger partial charge is 0.478 e. The Morgan fingerprint density at radius 2 is 2.24 bits per heavy atom. The monoisotopic (exact) mass is 309 g/mol. The molecule has 0 amide bonds. The highest BCUT2D eigenvalue weighted by Gasteiger charge is 2.31. The van der Waals surface area contributed by atoms with Crippen molar-refractivity contribution in [3.63, 3.8) is 0 Å². The highest BCUT2D eigenvalue weighted by atomic mass is 32.2. The van der Waals surface area contributed by atoms with Crippen molar-refractivity contribution >= 4 is 21.5 Å². The number of carbonyl (C=O) groups is 1. The van der Waals surface area contributed by atoms with Crippen LogP contribution >= 0.6 is 0 Å². The number of hydrogen-bond acceptors (Lipinski definition) is 5. The zero-order valence-electron chi connectivity index (χ0n) is 11.5. The predicted octanol–water partition coefficient (Wildman–Crippen LogP) is 1.78. The molecule has 0 aromatic heterocycles. The summed E-state index contributed by atoms with van der Waals surface area (Å²) in [5.74, 6) is -1.17. The lowest BCUT2D eigenvalue weighted by molar-refractivity contribution is 0.0696. The second kappa shape index (κ2) is 5.69. The Hall–Kier alpha value is -2.15. The van der Waals surface area contributed by atoms with Crippen molar-refractivity contribution in [1.82, 2.24) is 0 Å². The van der Waals surface area contributed by atoms with Gasteiger partial charge in [-0.25, -0.2) is 13.2 Å². The Bertz CT molecular complexity index is 734. The summed E-state index contributed by atoms with van der Waals surface area (Å²) in [7, 11) is -3.42. The molecule has 6 nitrogen and oxygen atoms in total. The Balaban J connectivity index is 2.65. The van der Waals surface area contributed by atoms with E-state index in [9.17, 15) is 13.2 Å². The number of oxime groups is 1. The zero-order valence-corrected chi connectivity index (χ0v) is 12.3. The third-order valence-electron chi connectivity index (χ3n) is 3.26. The average molecular weight is 309 g/mol. The van der Waals surface area contributed by atoms with E-state index in [1.807, 2.05) is 0 Å². The van der Waals surface area contributed by atoms with Crippen LogP contribution in [0.1, 0.15) is 27.9 Å². The van der Waals surface area contributed by atoms with Gasteiger partial charge < -0.3 is 9.94 Å². The van der Waals surface area contributed by atoms with Gasteiger partial charge in [0, 0.05) is 12.0 Å². The SMILES string of the molecule is C=CCON=C1CCS(=O)(=O)c2ccc(C(=O)O)c(C)c21. The number of fused-ring (bicyclic) bond motifs is 1. The number of nitrogens with zero attached hydrogens (tertiary/aromatic N) is 1. The Kier molecular flexibility index (Phi) is 4.13. The van der Waals surface area contributed by atoms with Crippen molar-refractivity contribution in [1.29, 1.82) is 0 Å². The summed E-state index contributed by atoms with van der Waals surface area (Å²) in [5.41, 5.74) is 1.22. The normalized spacial score (nSPS) is 18.0. The van der Waals surface area contributed by atoms with Gasteiger partial charge in [-0.15, -0.1) is 0 Å². The lowest BCUT2D eigenvalue weighted by Gasteiger charge is -2.21. The number of sulfone groups is 1. The van der Waals surface area contributed by atoms with Crippen LogP contribution in [0.15, 0.2) is 34.8 Å². The van der Waals surface area contributed by atoms with Crippen molar-refractivity contribution in [2.45, 2.75) is 18.2 Å². The van der Waals surface area contributed by atoms with Crippen molar-refractivity contribution in [2.75, 3.05) is 12.4 Å². The van der Waals surface area contributed by atoms with E-state index in [0.717, 1.165) is 0 Å². The number of rotatable bonds is 4. The van der Waals surface area contributed by atoms with Gasteiger partial charge in [0.15, 0.2) is 9.84 Å². The number of benzene rings is 1. The molecular weight excluding hydrogens is 294 g/mol. The summed E-state index contributed by atoms with van der Waals surface area (Å²) in [4.78, 5) is 16.3. The van der Waals surface area contributed by atoms with Gasteiger partial charge in [0.2, 0.25) is 0 Å². The van der Waals surface area contributed by atoms with E-state index >= 15 is 0 Å². The van der Waals surface area contributed by atoms with Gasteiger partial charge in [-0.1, -0.05) is 17.8 Å². The molecule has 1 heterocycles. The van der Waals surface area contributed by atoms with Gasteiger partial charge >= 0.3 is 5.97 Å². The molecule has 0 aliphatic carbocycles. The molecule has 1 aliphatic rings. The zero-order chi connectivity index (χ0) is 15.6. The van der Waals surface area contributed by atoms with E-state index in [-0.39, 0.29) is 29.2 Å². The molecule has 1 aromatic carbocycles. The molecule has 0 bridgehead atoms. The third-order valence-corrected chi connectivity index (χ3v) is 5.01. The highest BCUT2D eigenvalue weighted by molar-refractivity contribution is 7.91. The average Bonchev–Trinajstić information content (AvgIpc) is 2.41. The molecule has 112 valence electrons. The van der Waals surface area contributed by atoms with Crippen LogP contribution < -0.4 is 0 Å². The predicted molar refractivity (Wildman–Crippen MR) is 77.5 cm³/mol. The molecule has 0 saturated heterocycles. The van der Waals surface area contributed by atoms with Gasteiger partial charge in [0.25, 0.3) is 0 Å². The first-order valence-corrected chi connectivity index (χ1v) is 7.93. The molecule has 1 aliphatic heterocycles. The lowest BCUT2D eigenvalue weighted by atomic mass is 9.97. The molecule has 1 N–H and O–H groups in total. The minimum Gasteiger partial charge on any atom is -0.478 e. The summed E-state index contributed by atoms with van der Waals surface area (Å²) < 4.78 is 24.2. The van der Waals surface area contributed by atoms with Gasteiger partial charge in [0.05, 0.1) is 21.9 Å². The number of carboxylic acids is 1. The topological polar surface area (TPSA) is 93.0 Å². The number of aromatic carboxylic acids is 1. The fourth-order valence-electron chi connectivity index (χ4n) is 2.26. The van der Waals surface area contributed by atoms with Crippen LogP contribution in [0.4, 0.5) is 0 Å². The maximum atomic E-state index is 12.1. The van der Waals surface area contributed by atoms with Crippen LogP contribution in [0, 0.1) is 6.92 Å². The molecule has 0 fully saturated rings. The summed E-state index contributed by atoms with van der Waals surface area (Å²) in [5, 5.41) is 13.1. The fraction of sp³-hybridized carbons (Fsp3) is 0.286. The first kappa shape index (κ1) is 15.2. The van der Waals surface area contributed by atoms with Crippen molar-refractivity contribution in [3.05, 3.63) is 41.5 Å². The minimum absolute atomic E-state index is 0.0577. The third kappa shape index (κ3) is 2.82. The fourth-order valence-corrected chi connectivity index (χ4v) is 3.80. The van der Waals surface area contributed by atoms with E-state index in [0.29, 0.717) is 16.8 Å². The Labute approximate surface area is 122 Å². The molecule has 2 rings (SSSR count). The summed E-state index contributed by atoms with van der Waals surface area (Å²) >= 11 is 0. The molecule has 7 heteroatoms. The number of hydrogen-bond donors (Lipinski definition) is 1. The summed E-state index contributed by atoms with van der Waals surface area (Å²) in [6, 6.07) is 2.63. The van der Waals surface area contributed by atoms with E-state index in [1.54, 1.807) is 6.92 Å². The smallest absolute Gasteiger partial charge is 0.335 e. The van der Waals surface area contributed by atoms with Crippen LogP contribution in [-0.2, 0) is 14.7 Å². The summed E-state index contributed by atoms with van der Waals surface area (Å²) in [6.07, 6.45) is 1.71. The second-order valence-electron chi connectivity index (χ2n) is 4.61. The van der Waals surface area contributed by atoms with Crippen molar-refractivity contribution in [3.8, 4) is 0 Å². The Morgan fingerprint density at radius 3 is 2.86 bits per heavy atom. The molecule has 0 atom stereocenters. The molecule has 0 saturated carbocycles. The quantitative estimate of drug-likeness (QED) is 0.520. The molecular formula is C14H15NO5S. The van der Waals surface area contributed by atoms with E-state index in [1.165, 1.54) is 18.2 Å². The van der Waals surface area contributed by atoms with Crippen LogP contribution in [0.3, 0.4) is 0 Å². The first-order chi connectivity index (χ1) is 9.88. The first-order valence-electron chi connectivity index (χ1n) is 6.28. The van der Waals surface area contributed by atoms with Gasteiger partial charge in [-0.3, -0.25) is 0 Å². The van der Waals surface area contributed by atoms with E-state index in [2.05, 4.69) is 11.7 Å². The minimum atomic E-state index is -3.42. The standard InChI is InChI=1S/C14H15NO5S/c1-3-7-20-15-11-6-8-21(18,19)12-5-4-10(14(16)17)9(2)13(11)12/h3-5H,1,6-8H2,2H3,(H,16,17). The maximum Gasteiger partial charge on any atom is 0.335 e. The molecule has 0 radical (unpaired) electrons. The van der Waals surface area contributed by atoms with Gasteiger partial charge in [0.1, 0.15) is 6.61 Å². The molecule has 1 aromatic rings. The van der Waals surface area contributed by atoms with Crippen LogP contribution in [0.25, 0.3) is 0 Å². The van der Waals surface area contributed by atoms with E-state index < -0.39 is 15.8 Å². The molecule has 21 heavy (non-hydrogen) atoms. The second-order valence-corrected chi connectivity index (χ2v) is 6.69. The number of carboxylic acid groups (broad SMARTS) is 1. The maximum absolute atomic E-state index is 12.1. The highest BCUT2D eigenvalue weighted by Crippen LogP contribution is 2.30. The Morgan fingerprint density at radius 1 is 1.52 bits per heavy atom. The van der Waals surface area contributed by atoms with Crippen LogP contribution in [0.5, 0.6) is 0 Å². The summed E-state index contributed by atoms with van der Waals surface area (Å²) in [6.45, 7) is 5.27. The van der Waals surface area contributed by atoms with E-state index in [4.69, 9.17) is 9.94 Å².